The van der Waals surface area contributed by atoms with E-state index in [1.807, 2.05) is 18.2 Å². The summed E-state index contributed by atoms with van der Waals surface area (Å²) in [5.41, 5.74) is 2.46. The predicted octanol–water partition coefficient (Wildman–Crippen LogP) is 3.23. The summed E-state index contributed by atoms with van der Waals surface area (Å²) in [4.78, 5) is 11.0. The van der Waals surface area contributed by atoms with Crippen molar-refractivity contribution in [3.05, 3.63) is 29.3 Å². The number of carboxylic acids is 1. The molecule has 3 nitrogen and oxygen atoms in total. The van der Waals surface area contributed by atoms with Crippen LogP contribution in [0.4, 0.5) is 0 Å². The van der Waals surface area contributed by atoms with Crippen LogP contribution in [0.5, 0.6) is 5.75 Å². The second-order valence-electron chi connectivity index (χ2n) is 5.87. The van der Waals surface area contributed by atoms with Crippen molar-refractivity contribution in [3.8, 4) is 5.75 Å². The number of benzene rings is 1. The van der Waals surface area contributed by atoms with E-state index in [9.17, 15) is 4.79 Å². The molecule has 0 amide bonds. The molecule has 0 saturated carbocycles. The molecule has 18 heavy (non-hydrogen) atoms. The zero-order chi connectivity index (χ0) is 13.3. The quantitative estimate of drug-likeness (QED) is 0.893. The lowest BCUT2D eigenvalue weighted by molar-refractivity contribution is -0.137. The van der Waals surface area contributed by atoms with Crippen molar-refractivity contribution >= 4 is 5.97 Å². The summed E-state index contributed by atoms with van der Waals surface area (Å²) < 4.78 is 5.41. The molecule has 0 aliphatic heterocycles. The van der Waals surface area contributed by atoms with Gasteiger partial charge in [-0.2, -0.15) is 0 Å². The summed E-state index contributed by atoms with van der Waals surface area (Å²) in [5, 5.41) is 9.06. The van der Waals surface area contributed by atoms with Gasteiger partial charge in [0.15, 0.2) is 0 Å². The maximum absolute atomic E-state index is 11.0. The van der Waals surface area contributed by atoms with Crippen LogP contribution in [0.25, 0.3) is 0 Å². The molecule has 2 rings (SSSR count). The largest absolute Gasteiger partial charge is 0.496 e. The third kappa shape index (κ3) is 2.50. The van der Waals surface area contributed by atoms with Crippen molar-refractivity contribution in [2.24, 2.45) is 5.41 Å². The Balaban J connectivity index is 2.45. The van der Waals surface area contributed by atoms with Gasteiger partial charge in [0, 0.05) is 0 Å². The van der Waals surface area contributed by atoms with Gasteiger partial charge in [0.05, 0.1) is 13.5 Å². The minimum absolute atomic E-state index is 0.0938. The smallest absolute Gasteiger partial charge is 0.303 e. The molecule has 1 N–H and O–H groups in total. The van der Waals surface area contributed by atoms with Crippen LogP contribution < -0.4 is 4.74 Å². The molecular formula is C15H20O3. The van der Waals surface area contributed by atoms with Crippen molar-refractivity contribution in [2.75, 3.05) is 7.11 Å². The minimum Gasteiger partial charge on any atom is -0.496 e. The van der Waals surface area contributed by atoms with Crippen LogP contribution in [-0.4, -0.2) is 18.2 Å². The lowest BCUT2D eigenvalue weighted by Crippen LogP contribution is -2.27. The maximum Gasteiger partial charge on any atom is 0.303 e. The van der Waals surface area contributed by atoms with Crippen LogP contribution in [0.2, 0.25) is 0 Å². The molecule has 0 saturated heterocycles. The molecule has 1 atom stereocenters. The van der Waals surface area contributed by atoms with Gasteiger partial charge in [0.25, 0.3) is 0 Å². The second-order valence-corrected chi connectivity index (χ2v) is 5.87. The molecule has 0 bridgehead atoms. The van der Waals surface area contributed by atoms with Gasteiger partial charge in [-0.3, -0.25) is 4.79 Å². The standard InChI is InChI=1S/C15H20O3/c1-15(2)8-10(7-14(16)17)11-5-4-6-13(18-3)12(11)9-15/h4-6,10H,7-9H2,1-3H3,(H,16,17). The molecule has 1 aromatic rings. The third-order valence-electron chi connectivity index (χ3n) is 3.70. The van der Waals surface area contributed by atoms with Gasteiger partial charge >= 0.3 is 5.97 Å². The summed E-state index contributed by atoms with van der Waals surface area (Å²) in [7, 11) is 1.67. The summed E-state index contributed by atoms with van der Waals surface area (Å²) in [6.07, 6.45) is 2.06. The molecule has 0 spiro atoms. The van der Waals surface area contributed by atoms with E-state index >= 15 is 0 Å². The zero-order valence-corrected chi connectivity index (χ0v) is 11.2. The lowest BCUT2D eigenvalue weighted by Gasteiger charge is -2.37. The topological polar surface area (TPSA) is 46.5 Å². The Morgan fingerprint density at radius 3 is 2.83 bits per heavy atom. The third-order valence-corrected chi connectivity index (χ3v) is 3.70. The van der Waals surface area contributed by atoms with Gasteiger partial charge in [-0.05, 0) is 41.4 Å². The Bertz CT molecular complexity index is 463. The molecule has 98 valence electrons. The fourth-order valence-electron chi connectivity index (χ4n) is 3.07. The van der Waals surface area contributed by atoms with Crippen LogP contribution in [0.3, 0.4) is 0 Å². The Morgan fingerprint density at radius 2 is 2.22 bits per heavy atom. The average molecular weight is 248 g/mol. The number of hydrogen-bond donors (Lipinski definition) is 1. The fourth-order valence-corrected chi connectivity index (χ4v) is 3.07. The van der Waals surface area contributed by atoms with E-state index in [1.54, 1.807) is 7.11 Å². The molecule has 1 aliphatic carbocycles. The highest BCUT2D eigenvalue weighted by atomic mass is 16.5. The van der Waals surface area contributed by atoms with Gasteiger partial charge in [-0.1, -0.05) is 26.0 Å². The van der Waals surface area contributed by atoms with Crippen LogP contribution in [0, 0.1) is 5.41 Å². The van der Waals surface area contributed by atoms with E-state index < -0.39 is 5.97 Å². The minimum atomic E-state index is -0.730. The van der Waals surface area contributed by atoms with Gasteiger partial charge in [0.1, 0.15) is 5.75 Å². The van der Waals surface area contributed by atoms with Crippen LogP contribution in [0.1, 0.15) is 43.7 Å². The molecule has 1 aromatic carbocycles. The van der Waals surface area contributed by atoms with E-state index in [0.29, 0.717) is 0 Å². The first-order valence-corrected chi connectivity index (χ1v) is 6.30. The Labute approximate surface area is 108 Å². The summed E-state index contributed by atoms with van der Waals surface area (Å²) in [5.74, 6) is 0.249. The number of aliphatic carboxylic acids is 1. The van der Waals surface area contributed by atoms with E-state index in [1.165, 1.54) is 5.56 Å². The first-order chi connectivity index (χ1) is 8.43. The number of carbonyl (C=O) groups is 1. The van der Waals surface area contributed by atoms with Crippen LogP contribution in [-0.2, 0) is 11.2 Å². The first-order valence-electron chi connectivity index (χ1n) is 6.30. The normalized spacial score (nSPS) is 21.2. The van der Waals surface area contributed by atoms with Crippen molar-refractivity contribution in [1.82, 2.24) is 0 Å². The lowest BCUT2D eigenvalue weighted by atomic mass is 9.68. The van der Waals surface area contributed by atoms with Gasteiger partial charge in [-0.25, -0.2) is 0 Å². The summed E-state index contributed by atoms with van der Waals surface area (Å²) in [6.45, 7) is 4.38. The van der Waals surface area contributed by atoms with Gasteiger partial charge in [0.2, 0.25) is 0 Å². The Morgan fingerprint density at radius 1 is 1.50 bits per heavy atom. The van der Waals surface area contributed by atoms with E-state index in [2.05, 4.69) is 13.8 Å². The molecule has 0 heterocycles. The molecule has 1 aliphatic rings. The SMILES string of the molecule is COc1cccc2c1CC(C)(C)CC2CC(=O)O. The number of ether oxygens (including phenoxy) is 1. The molecule has 0 radical (unpaired) electrons. The predicted molar refractivity (Wildman–Crippen MR) is 70.1 cm³/mol. The number of carboxylic acid groups (broad SMARTS) is 1. The number of methoxy groups -OCH3 is 1. The highest BCUT2D eigenvalue weighted by Gasteiger charge is 2.34. The van der Waals surface area contributed by atoms with E-state index in [-0.39, 0.29) is 17.8 Å². The Hall–Kier alpha value is -1.51. The monoisotopic (exact) mass is 248 g/mol. The maximum atomic E-state index is 11.0. The number of hydrogen-bond acceptors (Lipinski definition) is 2. The zero-order valence-electron chi connectivity index (χ0n) is 11.2. The van der Waals surface area contributed by atoms with Crippen LogP contribution >= 0.6 is 0 Å². The van der Waals surface area contributed by atoms with Crippen molar-refractivity contribution in [2.45, 2.75) is 39.0 Å². The molecule has 0 fully saturated rings. The Kier molecular flexibility index (Phi) is 3.33. The summed E-state index contributed by atoms with van der Waals surface area (Å²) in [6, 6.07) is 5.95. The van der Waals surface area contributed by atoms with E-state index in [0.717, 1.165) is 24.2 Å². The number of fused-ring (bicyclic) bond motifs is 1. The van der Waals surface area contributed by atoms with Gasteiger partial charge in [-0.15, -0.1) is 0 Å². The van der Waals surface area contributed by atoms with E-state index in [4.69, 9.17) is 9.84 Å². The van der Waals surface area contributed by atoms with Gasteiger partial charge < -0.3 is 9.84 Å². The summed E-state index contributed by atoms with van der Waals surface area (Å²) >= 11 is 0. The van der Waals surface area contributed by atoms with Crippen molar-refractivity contribution in [1.29, 1.82) is 0 Å². The first kappa shape index (κ1) is 12.9. The fraction of sp³-hybridized carbons (Fsp3) is 0.533. The van der Waals surface area contributed by atoms with Crippen molar-refractivity contribution in [3.63, 3.8) is 0 Å². The number of rotatable bonds is 3. The van der Waals surface area contributed by atoms with Crippen LogP contribution in [0.15, 0.2) is 18.2 Å². The molecule has 3 heteroatoms. The highest BCUT2D eigenvalue weighted by molar-refractivity contribution is 5.68. The molecule has 0 aromatic heterocycles. The molecule has 1 unspecified atom stereocenters. The average Bonchev–Trinajstić information content (AvgIpc) is 2.26. The second kappa shape index (κ2) is 4.63. The molecular weight excluding hydrogens is 228 g/mol. The van der Waals surface area contributed by atoms with Crippen molar-refractivity contribution < 1.29 is 14.6 Å². The highest BCUT2D eigenvalue weighted by Crippen LogP contribution is 2.46.